The Hall–Kier alpha value is -4.96. The SMILES string of the molecule is COc1cc(C(=O)N2CCCC(CCN3CCC(N(Cc4ccco4)c4nc5ccccc5[nH]4)CC3)(c3ccccc3)C2)cc(OC)c1OC. The fraction of sp³-hybridized carbons (Fsp3) is 0.400. The highest BCUT2D eigenvalue weighted by molar-refractivity contribution is 5.96. The van der Waals surface area contributed by atoms with Crippen molar-refractivity contribution in [3.8, 4) is 17.2 Å². The van der Waals surface area contributed by atoms with Crippen LogP contribution in [0.5, 0.6) is 17.2 Å². The highest BCUT2D eigenvalue weighted by Gasteiger charge is 2.40. The van der Waals surface area contributed by atoms with E-state index in [0.29, 0.717) is 48.5 Å². The Morgan fingerprint density at radius 2 is 1.68 bits per heavy atom. The first-order valence-electron chi connectivity index (χ1n) is 17.6. The number of aromatic amines is 1. The third-order valence-corrected chi connectivity index (χ3v) is 10.6. The van der Waals surface area contributed by atoms with Gasteiger partial charge in [0.25, 0.3) is 5.91 Å². The third-order valence-electron chi connectivity index (χ3n) is 10.6. The summed E-state index contributed by atoms with van der Waals surface area (Å²) < 4.78 is 22.4. The lowest BCUT2D eigenvalue weighted by molar-refractivity contribution is 0.0606. The van der Waals surface area contributed by atoms with E-state index in [2.05, 4.69) is 57.2 Å². The first kappa shape index (κ1) is 33.5. The summed E-state index contributed by atoms with van der Waals surface area (Å²) in [5, 5.41) is 0. The van der Waals surface area contributed by atoms with Gasteiger partial charge in [-0.15, -0.1) is 0 Å². The Bertz CT molecular complexity index is 1810. The minimum Gasteiger partial charge on any atom is -0.493 e. The molecule has 5 aromatic rings. The number of piperidine rings is 2. The summed E-state index contributed by atoms with van der Waals surface area (Å²) in [4.78, 5) is 29.6. The van der Waals surface area contributed by atoms with Crippen molar-refractivity contribution < 1.29 is 23.4 Å². The molecule has 7 rings (SSSR count). The molecule has 10 nitrogen and oxygen atoms in total. The second-order valence-electron chi connectivity index (χ2n) is 13.5. The molecular formula is C40H47N5O5. The fourth-order valence-electron chi connectivity index (χ4n) is 7.92. The van der Waals surface area contributed by atoms with E-state index < -0.39 is 0 Å². The molecule has 50 heavy (non-hydrogen) atoms. The van der Waals surface area contributed by atoms with Gasteiger partial charge in [0.1, 0.15) is 5.76 Å². The second kappa shape index (κ2) is 14.9. The largest absolute Gasteiger partial charge is 0.493 e. The molecule has 4 heterocycles. The van der Waals surface area contributed by atoms with Crippen LogP contribution >= 0.6 is 0 Å². The molecule has 2 saturated heterocycles. The number of fused-ring (bicyclic) bond motifs is 1. The van der Waals surface area contributed by atoms with E-state index in [1.54, 1.807) is 39.7 Å². The molecular weight excluding hydrogens is 630 g/mol. The van der Waals surface area contributed by atoms with Crippen LogP contribution in [0.2, 0.25) is 0 Å². The first-order valence-corrected chi connectivity index (χ1v) is 17.6. The normalized spacial score (nSPS) is 18.7. The Labute approximate surface area is 293 Å². The molecule has 10 heteroatoms. The van der Waals surface area contributed by atoms with E-state index in [4.69, 9.17) is 23.6 Å². The van der Waals surface area contributed by atoms with Crippen LogP contribution in [0.1, 0.15) is 53.8 Å². The van der Waals surface area contributed by atoms with Crippen molar-refractivity contribution in [3.05, 3.63) is 102 Å². The van der Waals surface area contributed by atoms with Gasteiger partial charge in [0.05, 0.1) is 45.2 Å². The number of ether oxygens (including phenoxy) is 3. The van der Waals surface area contributed by atoms with Crippen LogP contribution in [0.4, 0.5) is 5.95 Å². The number of nitrogens with zero attached hydrogens (tertiary/aromatic N) is 4. The molecule has 1 amide bonds. The molecule has 0 radical (unpaired) electrons. The number of hydrogen-bond acceptors (Lipinski definition) is 8. The molecule has 262 valence electrons. The van der Waals surface area contributed by atoms with Crippen LogP contribution in [0.3, 0.4) is 0 Å². The minimum atomic E-state index is -0.147. The van der Waals surface area contributed by atoms with Gasteiger partial charge in [-0.1, -0.05) is 42.5 Å². The van der Waals surface area contributed by atoms with Gasteiger partial charge in [0.15, 0.2) is 11.5 Å². The molecule has 0 aliphatic carbocycles. The number of benzene rings is 3. The summed E-state index contributed by atoms with van der Waals surface area (Å²) in [6.07, 6.45) is 6.74. The topological polar surface area (TPSA) is 96.3 Å². The maximum absolute atomic E-state index is 14.1. The predicted octanol–water partition coefficient (Wildman–Crippen LogP) is 6.92. The van der Waals surface area contributed by atoms with E-state index in [0.717, 1.165) is 74.5 Å². The predicted molar refractivity (Wildman–Crippen MR) is 194 cm³/mol. The van der Waals surface area contributed by atoms with Crippen molar-refractivity contribution in [2.45, 2.75) is 50.1 Å². The van der Waals surface area contributed by atoms with Gasteiger partial charge in [-0.05, 0) is 80.6 Å². The molecule has 0 saturated carbocycles. The third kappa shape index (κ3) is 6.89. The Morgan fingerprint density at radius 3 is 2.36 bits per heavy atom. The lowest BCUT2D eigenvalue weighted by atomic mass is 9.71. The van der Waals surface area contributed by atoms with Crippen molar-refractivity contribution in [2.24, 2.45) is 0 Å². The molecule has 0 spiro atoms. The van der Waals surface area contributed by atoms with Gasteiger partial charge in [-0.3, -0.25) is 4.79 Å². The van der Waals surface area contributed by atoms with Gasteiger partial charge in [0, 0.05) is 43.2 Å². The number of anilines is 1. The van der Waals surface area contributed by atoms with Crippen LogP contribution in [-0.2, 0) is 12.0 Å². The zero-order valence-electron chi connectivity index (χ0n) is 29.3. The zero-order valence-corrected chi connectivity index (χ0v) is 29.3. The summed E-state index contributed by atoms with van der Waals surface area (Å²) in [7, 11) is 4.72. The molecule has 3 aromatic carbocycles. The molecule has 2 fully saturated rings. The number of rotatable bonds is 12. The molecule has 2 aromatic heterocycles. The monoisotopic (exact) mass is 677 g/mol. The van der Waals surface area contributed by atoms with Gasteiger partial charge in [0.2, 0.25) is 11.7 Å². The maximum Gasteiger partial charge on any atom is 0.254 e. The summed E-state index contributed by atoms with van der Waals surface area (Å²) >= 11 is 0. The van der Waals surface area contributed by atoms with Crippen molar-refractivity contribution in [1.29, 1.82) is 0 Å². The van der Waals surface area contributed by atoms with Crippen LogP contribution in [0, 0.1) is 0 Å². The maximum atomic E-state index is 14.1. The van der Waals surface area contributed by atoms with Crippen molar-refractivity contribution >= 4 is 22.9 Å². The Kier molecular flexibility index (Phi) is 9.98. The number of nitrogens with one attached hydrogen (secondary N) is 1. The number of aromatic nitrogens is 2. The highest BCUT2D eigenvalue weighted by atomic mass is 16.5. The minimum absolute atomic E-state index is 0.0210. The van der Waals surface area contributed by atoms with Crippen molar-refractivity contribution in [2.75, 3.05) is 59.0 Å². The summed E-state index contributed by atoms with van der Waals surface area (Å²) in [5.74, 6) is 3.24. The average molecular weight is 678 g/mol. The Balaban J connectivity index is 1.06. The molecule has 1 atom stereocenters. The number of hydrogen-bond donors (Lipinski definition) is 1. The number of imidazole rings is 1. The molecule has 2 aliphatic rings. The number of likely N-dealkylation sites (tertiary alicyclic amines) is 2. The van der Waals surface area contributed by atoms with Crippen molar-refractivity contribution in [1.82, 2.24) is 19.8 Å². The molecule has 0 bridgehead atoms. The number of H-pyrrole nitrogens is 1. The van der Waals surface area contributed by atoms with Crippen molar-refractivity contribution in [3.63, 3.8) is 0 Å². The quantitative estimate of drug-likeness (QED) is 0.152. The van der Waals surface area contributed by atoms with E-state index in [1.165, 1.54) is 5.56 Å². The Morgan fingerprint density at radius 1 is 0.940 bits per heavy atom. The summed E-state index contributed by atoms with van der Waals surface area (Å²) in [6, 6.07) is 26.8. The zero-order chi connectivity index (χ0) is 34.5. The lowest BCUT2D eigenvalue weighted by Crippen LogP contribution is -2.51. The lowest BCUT2D eigenvalue weighted by Gasteiger charge is -2.45. The van der Waals surface area contributed by atoms with E-state index >= 15 is 0 Å². The highest BCUT2D eigenvalue weighted by Crippen LogP contribution is 2.41. The van der Waals surface area contributed by atoms with Crippen LogP contribution in [-0.4, -0.2) is 85.8 Å². The number of carbonyl (C=O) groups excluding carboxylic acids is 1. The fourth-order valence-corrected chi connectivity index (χ4v) is 7.92. The van der Waals surface area contributed by atoms with E-state index in [-0.39, 0.29) is 11.3 Å². The van der Waals surface area contributed by atoms with E-state index in [9.17, 15) is 4.79 Å². The number of carbonyl (C=O) groups is 1. The van der Waals surface area contributed by atoms with E-state index in [1.807, 2.05) is 29.2 Å². The number of amides is 1. The average Bonchev–Trinajstić information content (AvgIpc) is 3.86. The van der Waals surface area contributed by atoms with Gasteiger partial charge in [-0.25, -0.2) is 4.98 Å². The number of methoxy groups -OCH3 is 3. The molecule has 1 N–H and O–H groups in total. The molecule has 2 aliphatic heterocycles. The number of furan rings is 1. The van der Waals surface area contributed by atoms with Crippen LogP contribution in [0.15, 0.2) is 89.5 Å². The summed E-state index contributed by atoms with van der Waals surface area (Å²) in [5.41, 5.74) is 3.70. The van der Waals surface area contributed by atoms with Gasteiger partial charge < -0.3 is 38.3 Å². The molecule has 1 unspecified atom stereocenters. The van der Waals surface area contributed by atoms with Crippen LogP contribution < -0.4 is 19.1 Å². The van der Waals surface area contributed by atoms with Gasteiger partial charge in [-0.2, -0.15) is 0 Å². The second-order valence-corrected chi connectivity index (χ2v) is 13.5. The first-order chi connectivity index (χ1) is 24.5. The van der Waals surface area contributed by atoms with Crippen LogP contribution in [0.25, 0.3) is 11.0 Å². The number of para-hydroxylation sites is 2. The smallest absolute Gasteiger partial charge is 0.254 e. The standard InChI is InChI=1S/C40H47N5O5/c1-47-35-25-29(26-36(48-2)37(35)49-3)38(46)44-20-10-18-40(28-44,30-11-5-4-6-12-30)19-23-43-21-16-31(17-22-43)45(27-32-13-9-24-50-32)39-41-33-14-7-8-15-34(33)42-39/h4-9,11-15,24-26,31H,10,16-23,27-28H2,1-3H3,(H,41,42). The van der Waals surface area contributed by atoms with Gasteiger partial charge >= 0.3 is 0 Å². The summed E-state index contributed by atoms with van der Waals surface area (Å²) in [6.45, 7) is 5.01.